The third kappa shape index (κ3) is 3.49. The zero-order valence-corrected chi connectivity index (χ0v) is 16.3. The van der Waals surface area contributed by atoms with E-state index in [1.807, 2.05) is 18.2 Å². The molecular weight excluding hydrogens is 384 g/mol. The van der Waals surface area contributed by atoms with E-state index < -0.39 is 16.1 Å². The van der Waals surface area contributed by atoms with Crippen molar-refractivity contribution >= 4 is 27.5 Å². The molecule has 1 heterocycles. The molecule has 2 aliphatic rings. The Morgan fingerprint density at radius 3 is 2.67 bits per heavy atom. The van der Waals surface area contributed by atoms with Crippen LogP contribution in [0.3, 0.4) is 0 Å². The van der Waals surface area contributed by atoms with E-state index in [-0.39, 0.29) is 16.8 Å². The van der Waals surface area contributed by atoms with Gasteiger partial charge in [-0.2, -0.15) is 4.31 Å². The number of rotatable bonds is 4. The van der Waals surface area contributed by atoms with Crippen LogP contribution in [-0.2, 0) is 21.2 Å². The van der Waals surface area contributed by atoms with Crippen LogP contribution in [0.25, 0.3) is 0 Å². The number of benzene rings is 2. The average Bonchev–Trinajstić information content (AvgIpc) is 3.30. The third-order valence-electron chi connectivity index (χ3n) is 5.36. The molecule has 1 saturated heterocycles. The first-order chi connectivity index (χ1) is 13.0. The monoisotopic (exact) mass is 404 g/mol. The predicted octanol–water partition coefficient (Wildman–Crippen LogP) is 3.30. The van der Waals surface area contributed by atoms with Gasteiger partial charge in [0.05, 0.1) is 10.9 Å². The molecule has 142 valence electrons. The van der Waals surface area contributed by atoms with Crippen molar-refractivity contribution in [2.24, 2.45) is 0 Å². The van der Waals surface area contributed by atoms with Crippen molar-refractivity contribution in [3.63, 3.8) is 0 Å². The molecule has 7 heteroatoms. The smallest absolute Gasteiger partial charge is 0.243 e. The number of hydrogen-bond acceptors (Lipinski definition) is 3. The highest BCUT2D eigenvalue weighted by Crippen LogP contribution is 2.34. The zero-order chi connectivity index (χ0) is 19.0. The molecule has 2 aromatic carbocycles. The second-order valence-electron chi connectivity index (χ2n) is 7.03. The molecule has 2 aromatic rings. The van der Waals surface area contributed by atoms with Gasteiger partial charge in [-0.3, -0.25) is 4.79 Å². The summed E-state index contributed by atoms with van der Waals surface area (Å²) in [5.41, 5.74) is 2.22. The summed E-state index contributed by atoms with van der Waals surface area (Å²) in [7, 11) is -3.68. The van der Waals surface area contributed by atoms with Crippen molar-refractivity contribution in [1.82, 2.24) is 9.62 Å². The fraction of sp³-hybridized carbons (Fsp3) is 0.350. The Morgan fingerprint density at radius 1 is 1.11 bits per heavy atom. The number of nitrogens with one attached hydrogen (secondary N) is 1. The van der Waals surface area contributed by atoms with Crippen LogP contribution in [0, 0.1) is 0 Å². The van der Waals surface area contributed by atoms with Gasteiger partial charge >= 0.3 is 0 Å². The highest BCUT2D eigenvalue weighted by molar-refractivity contribution is 7.89. The van der Waals surface area contributed by atoms with E-state index in [1.165, 1.54) is 4.31 Å². The van der Waals surface area contributed by atoms with Gasteiger partial charge in [0, 0.05) is 11.6 Å². The number of carbonyl (C=O) groups is 1. The Bertz CT molecular complexity index is 962. The van der Waals surface area contributed by atoms with Crippen LogP contribution in [-0.4, -0.2) is 31.2 Å². The lowest BCUT2D eigenvalue weighted by atomic mass is 10.1. The Hall–Kier alpha value is -1.89. The fourth-order valence-electron chi connectivity index (χ4n) is 4.02. The van der Waals surface area contributed by atoms with Crippen LogP contribution < -0.4 is 5.32 Å². The Kier molecular flexibility index (Phi) is 4.97. The molecule has 1 fully saturated rings. The van der Waals surface area contributed by atoms with Crippen molar-refractivity contribution in [2.75, 3.05) is 6.54 Å². The van der Waals surface area contributed by atoms with Gasteiger partial charge in [0.15, 0.2) is 0 Å². The van der Waals surface area contributed by atoms with Gasteiger partial charge < -0.3 is 5.32 Å². The topological polar surface area (TPSA) is 66.5 Å². The summed E-state index contributed by atoms with van der Waals surface area (Å²) in [6.07, 6.45) is 2.89. The lowest BCUT2D eigenvalue weighted by molar-refractivity contribution is -0.125. The lowest BCUT2D eigenvalue weighted by Gasteiger charge is -2.25. The van der Waals surface area contributed by atoms with Crippen LogP contribution in [0.5, 0.6) is 0 Å². The average molecular weight is 405 g/mol. The predicted molar refractivity (Wildman–Crippen MR) is 104 cm³/mol. The molecule has 0 bridgehead atoms. The molecule has 1 aliphatic carbocycles. The van der Waals surface area contributed by atoms with Gasteiger partial charge in [-0.1, -0.05) is 35.9 Å². The first-order valence-electron chi connectivity index (χ1n) is 9.12. The van der Waals surface area contributed by atoms with E-state index in [0.29, 0.717) is 24.4 Å². The summed E-state index contributed by atoms with van der Waals surface area (Å²) < 4.78 is 27.2. The summed E-state index contributed by atoms with van der Waals surface area (Å²) >= 11 is 6.05. The molecule has 2 unspecified atom stereocenters. The first kappa shape index (κ1) is 18.5. The van der Waals surface area contributed by atoms with Crippen LogP contribution in [0.15, 0.2) is 53.4 Å². The van der Waals surface area contributed by atoms with Crippen molar-refractivity contribution < 1.29 is 13.2 Å². The maximum atomic E-state index is 13.0. The van der Waals surface area contributed by atoms with Gasteiger partial charge in [-0.05, 0) is 61.1 Å². The Morgan fingerprint density at radius 2 is 1.89 bits per heavy atom. The summed E-state index contributed by atoms with van der Waals surface area (Å²) in [5, 5.41) is 3.75. The molecule has 4 rings (SSSR count). The van der Waals surface area contributed by atoms with Gasteiger partial charge in [0.1, 0.15) is 6.04 Å². The maximum absolute atomic E-state index is 13.0. The highest BCUT2D eigenvalue weighted by Gasteiger charge is 2.40. The van der Waals surface area contributed by atoms with E-state index in [4.69, 9.17) is 11.6 Å². The van der Waals surface area contributed by atoms with Crippen molar-refractivity contribution in [1.29, 1.82) is 0 Å². The van der Waals surface area contributed by atoms with E-state index in [9.17, 15) is 13.2 Å². The second kappa shape index (κ2) is 7.26. The normalized spacial score (nSPS) is 22.6. The number of sulfonamides is 1. The largest absolute Gasteiger partial charge is 0.348 e. The number of nitrogens with zero attached hydrogens (tertiary/aromatic N) is 1. The minimum atomic E-state index is -3.68. The summed E-state index contributed by atoms with van der Waals surface area (Å²) in [5.74, 6) is -0.222. The van der Waals surface area contributed by atoms with Crippen molar-refractivity contribution in [2.45, 2.75) is 42.7 Å². The summed E-state index contributed by atoms with van der Waals surface area (Å²) in [6.45, 7) is 0.367. The molecule has 1 N–H and O–H groups in total. The Labute approximate surface area is 164 Å². The van der Waals surface area contributed by atoms with Crippen LogP contribution in [0.1, 0.15) is 36.4 Å². The van der Waals surface area contributed by atoms with Gasteiger partial charge in [-0.25, -0.2) is 8.42 Å². The number of halogens is 1. The number of carbonyl (C=O) groups excluding carboxylic acids is 1. The SMILES string of the molecule is O=C(NC1CCc2cc(Cl)ccc21)C1CCCN1S(=O)(=O)c1ccccc1. The Balaban J connectivity index is 1.53. The van der Waals surface area contributed by atoms with Crippen molar-refractivity contribution in [3.05, 3.63) is 64.7 Å². The van der Waals surface area contributed by atoms with Crippen LogP contribution in [0.4, 0.5) is 0 Å². The summed E-state index contributed by atoms with van der Waals surface area (Å²) in [4.78, 5) is 13.2. The quantitative estimate of drug-likeness (QED) is 0.850. The number of aryl methyl sites for hydroxylation is 1. The second-order valence-corrected chi connectivity index (χ2v) is 9.36. The molecule has 1 aliphatic heterocycles. The van der Waals surface area contributed by atoms with E-state index in [2.05, 4.69) is 5.32 Å². The number of amides is 1. The number of hydrogen-bond donors (Lipinski definition) is 1. The van der Waals surface area contributed by atoms with Crippen LogP contribution in [0.2, 0.25) is 5.02 Å². The molecule has 27 heavy (non-hydrogen) atoms. The van der Waals surface area contributed by atoms with E-state index in [0.717, 1.165) is 24.0 Å². The lowest BCUT2D eigenvalue weighted by Crippen LogP contribution is -2.46. The molecule has 0 saturated carbocycles. The molecule has 0 spiro atoms. The minimum absolute atomic E-state index is 0.0911. The standard InChI is InChI=1S/C20H21ClN2O3S/c21-15-9-10-17-14(13-15)8-11-18(17)22-20(24)19-7-4-12-23(19)27(25,26)16-5-2-1-3-6-16/h1-3,5-6,9-10,13,18-19H,4,7-8,11-12H2,(H,22,24). The number of fused-ring (bicyclic) bond motifs is 1. The van der Waals surface area contributed by atoms with Gasteiger partial charge in [0.25, 0.3) is 0 Å². The van der Waals surface area contributed by atoms with E-state index >= 15 is 0 Å². The highest BCUT2D eigenvalue weighted by atomic mass is 35.5. The van der Waals surface area contributed by atoms with E-state index in [1.54, 1.807) is 30.3 Å². The summed E-state index contributed by atoms with van der Waals surface area (Å²) in [6, 6.07) is 13.3. The van der Waals surface area contributed by atoms with Gasteiger partial charge in [-0.15, -0.1) is 0 Å². The van der Waals surface area contributed by atoms with Gasteiger partial charge in [0.2, 0.25) is 15.9 Å². The first-order valence-corrected chi connectivity index (χ1v) is 10.9. The minimum Gasteiger partial charge on any atom is -0.348 e. The molecule has 5 nitrogen and oxygen atoms in total. The third-order valence-corrected chi connectivity index (χ3v) is 7.51. The fourth-order valence-corrected chi connectivity index (χ4v) is 5.89. The van der Waals surface area contributed by atoms with Crippen molar-refractivity contribution in [3.8, 4) is 0 Å². The molecule has 2 atom stereocenters. The molecule has 1 amide bonds. The zero-order valence-electron chi connectivity index (χ0n) is 14.8. The molecule has 0 aromatic heterocycles. The maximum Gasteiger partial charge on any atom is 0.243 e. The molecular formula is C20H21ClN2O3S. The van der Waals surface area contributed by atoms with Crippen LogP contribution >= 0.6 is 11.6 Å². The molecule has 0 radical (unpaired) electrons.